The molecule has 2 fully saturated rings. The van der Waals surface area contributed by atoms with Gasteiger partial charge in [0.25, 0.3) is 0 Å². The van der Waals surface area contributed by atoms with Crippen LogP contribution in [0.2, 0.25) is 0 Å². The number of ether oxygens (including phenoxy) is 1. The van der Waals surface area contributed by atoms with Crippen LogP contribution in [0.5, 0.6) is 0 Å². The second-order valence-electron chi connectivity index (χ2n) is 6.63. The highest BCUT2D eigenvalue weighted by molar-refractivity contribution is 5.85. The van der Waals surface area contributed by atoms with Gasteiger partial charge < -0.3 is 19.9 Å². The van der Waals surface area contributed by atoms with Crippen LogP contribution in [0, 0.1) is 5.92 Å². The number of amides is 1. The molecule has 1 amide bonds. The molecule has 0 radical (unpaired) electrons. The Morgan fingerprint density at radius 2 is 1.88 bits per heavy atom. The minimum absolute atomic E-state index is 0. The molecule has 8 heteroatoms. The summed E-state index contributed by atoms with van der Waals surface area (Å²) in [5, 5.41) is 3.31. The third kappa shape index (κ3) is 5.85. The average Bonchev–Trinajstić information content (AvgIpc) is 2.68. The number of aromatic nitrogens is 1. The quantitative estimate of drug-likeness (QED) is 0.634. The van der Waals surface area contributed by atoms with Crippen molar-refractivity contribution in [2.45, 2.75) is 25.7 Å². The summed E-state index contributed by atoms with van der Waals surface area (Å²) < 4.78 is 5.02. The van der Waals surface area contributed by atoms with Gasteiger partial charge in [0, 0.05) is 38.8 Å². The van der Waals surface area contributed by atoms with E-state index >= 15 is 0 Å². The van der Waals surface area contributed by atoms with E-state index in [-0.39, 0.29) is 12.4 Å². The number of carbonyl (C=O) groups excluding carboxylic acids is 2. The molecule has 0 saturated carbocycles. The lowest BCUT2D eigenvalue weighted by atomic mass is 9.93. The van der Waals surface area contributed by atoms with E-state index in [2.05, 4.69) is 15.2 Å². The van der Waals surface area contributed by atoms with Crippen LogP contribution in [0.3, 0.4) is 0 Å². The number of pyridine rings is 1. The number of esters is 1. The second kappa shape index (κ2) is 10.3. The number of carbonyl (C=O) groups is 2. The Bertz CT molecular complexity index is 573. The zero-order chi connectivity index (χ0) is 17.5. The van der Waals surface area contributed by atoms with Gasteiger partial charge in [-0.2, -0.15) is 0 Å². The van der Waals surface area contributed by atoms with E-state index < -0.39 is 12.1 Å². The molecule has 0 aromatic carbocycles. The molecule has 1 N–H and O–H groups in total. The SMILES string of the molecule is Cl.O=C(CCC1CCNCC1)OC(=O)N1CCN(c2ccccn2)CC1. The fourth-order valence-corrected chi connectivity index (χ4v) is 3.36. The maximum Gasteiger partial charge on any atom is 0.417 e. The van der Waals surface area contributed by atoms with Crippen LogP contribution in [-0.4, -0.2) is 61.2 Å². The molecule has 26 heavy (non-hydrogen) atoms. The maximum atomic E-state index is 12.1. The highest BCUT2D eigenvalue weighted by Crippen LogP contribution is 2.18. The summed E-state index contributed by atoms with van der Waals surface area (Å²) in [5.74, 6) is 1.06. The minimum atomic E-state index is -0.518. The van der Waals surface area contributed by atoms with Gasteiger partial charge in [0.15, 0.2) is 0 Å². The normalized spacial score (nSPS) is 18.2. The molecule has 2 aliphatic heterocycles. The van der Waals surface area contributed by atoms with Crippen LogP contribution in [0.25, 0.3) is 0 Å². The molecule has 2 aliphatic rings. The van der Waals surface area contributed by atoms with E-state index in [9.17, 15) is 9.59 Å². The Morgan fingerprint density at radius 1 is 1.15 bits per heavy atom. The summed E-state index contributed by atoms with van der Waals surface area (Å²) in [6, 6.07) is 5.79. The number of halogens is 1. The van der Waals surface area contributed by atoms with Gasteiger partial charge in [0.05, 0.1) is 0 Å². The van der Waals surface area contributed by atoms with E-state index in [1.54, 1.807) is 11.1 Å². The molecule has 0 atom stereocenters. The Kier molecular flexibility index (Phi) is 8.12. The van der Waals surface area contributed by atoms with Crippen molar-refractivity contribution in [2.24, 2.45) is 5.92 Å². The van der Waals surface area contributed by atoms with E-state index in [1.165, 1.54) is 0 Å². The van der Waals surface area contributed by atoms with Gasteiger partial charge in [-0.1, -0.05) is 6.07 Å². The molecule has 2 saturated heterocycles. The summed E-state index contributed by atoms with van der Waals surface area (Å²) in [5.41, 5.74) is 0. The zero-order valence-electron chi connectivity index (χ0n) is 14.9. The number of piperidine rings is 1. The van der Waals surface area contributed by atoms with E-state index in [4.69, 9.17) is 4.74 Å². The van der Waals surface area contributed by atoms with Gasteiger partial charge in [0.2, 0.25) is 0 Å². The summed E-state index contributed by atoms with van der Waals surface area (Å²) >= 11 is 0. The highest BCUT2D eigenvalue weighted by atomic mass is 35.5. The topological polar surface area (TPSA) is 74.8 Å². The molecule has 0 aliphatic carbocycles. The third-order valence-electron chi connectivity index (χ3n) is 4.93. The van der Waals surface area contributed by atoms with Crippen LogP contribution in [0.15, 0.2) is 24.4 Å². The van der Waals surface area contributed by atoms with E-state index in [0.717, 1.165) is 38.2 Å². The number of anilines is 1. The minimum Gasteiger partial charge on any atom is -0.376 e. The Hall–Kier alpha value is -1.86. The fraction of sp³-hybridized carbons (Fsp3) is 0.611. The largest absolute Gasteiger partial charge is 0.417 e. The first kappa shape index (κ1) is 20.5. The lowest BCUT2D eigenvalue weighted by Gasteiger charge is -2.34. The summed E-state index contributed by atoms with van der Waals surface area (Å²) in [6.07, 6.45) is 4.56. The predicted octanol–water partition coefficient (Wildman–Crippen LogP) is 2.07. The van der Waals surface area contributed by atoms with Crippen molar-refractivity contribution in [1.82, 2.24) is 15.2 Å². The number of nitrogens with zero attached hydrogens (tertiary/aromatic N) is 3. The zero-order valence-corrected chi connectivity index (χ0v) is 15.7. The summed E-state index contributed by atoms with van der Waals surface area (Å²) in [6.45, 7) is 4.48. The van der Waals surface area contributed by atoms with Crippen molar-refractivity contribution < 1.29 is 14.3 Å². The summed E-state index contributed by atoms with van der Waals surface area (Å²) in [4.78, 5) is 32.1. The molecule has 1 aromatic rings. The lowest BCUT2D eigenvalue weighted by Crippen LogP contribution is -2.49. The predicted molar refractivity (Wildman–Crippen MR) is 102 cm³/mol. The Balaban J connectivity index is 0.00000243. The molecule has 0 spiro atoms. The van der Waals surface area contributed by atoms with Crippen molar-refractivity contribution in [1.29, 1.82) is 0 Å². The van der Waals surface area contributed by atoms with Crippen LogP contribution in [0.1, 0.15) is 25.7 Å². The van der Waals surface area contributed by atoms with Crippen LogP contribution in [0.4, 0.5) is 10.6 Å². The molecule has 7 nitrogen and oxygen atoms in total. The van der Waals surface area contributed by atoms with Crippen LogP contribution in [-0.2, 0) is 9.53 Å². The lowest BCUT2D eigenvalue weighted by molar-refractivity contribution is -0.138. The van der Waals surface area contributed by atoms with Gasteiger partial charge >= 0.3 is 12.1 Å². The van der Waals surface area contributed by atoms with Gasteiger partial charge in [-0.3, -0.25) is 4.79 Å². The van der Waals surface area contributed by atoms with Crippen molar-refractivity contribution >= 4 is 30.3 Å². The Labute approximate surface area is 160 Å². The molecule has 144 valence electrons. The first-order chi connectivity index (χ1) is 12.2. The van der Waals surface area contributed by atoms with E-state index in [0.29, 0.717) is 38.5 Å². The first-order valence-corrected chi connectivity index (χ1v) is 9.08. The number of rotatable bonds is 4. The smallest absolute Gasteiger partial charge is 0.376 e. The van der Waals surface area contributed by atoms with E-state index in [1.807, 2.05) is 18.2 Å². The van der Waals surface area contributed by atoms with Gasteiger partial charge in [-0.15, -0.1) is 12.4 Å². The molecule has 0 unspecified atom stereocenters. The molecular formula is C18H27ClN4O3. The Morgan fingerprint density at radius 3 is 2.54 bits per heavy atom. The second-order valence-corrected chi connectivity index (χ2v) is 6.63. The van der Waals surface area contributed by atoms with Crippen LogP contribution < -0.4 is 10.2 Å². The fourth-order valence-electron chi connectivity index (χ4n) is 3.36. The van der Waals surface area contributed by atoms with Gasteiger partial charge in [0.1, 0.15) is 5.82 Å². The molecule has 3 rings (SSSR count). The summed E-state index contributed by atoms with van der Waals surface area (Å²) in [7, 11) is 0. The van der Waals surface area contributed by atoms with Crippen molar-refractivity contribution in [3.8, 4) is 0 Å². The van der Waals surface area contributed by atoms with Gasteiger partial charge in [-0.05, 0) is 50.4 Å². The molecule has 3 heterocycles. The maximum absolute atomic E-state index is 12.1. The van der Waals surface area contributed by atoms with Crippen LogP contribution >= 0.6 is 12.4 Å². The monoisotopic (exact) mass is 382 g/mol. The molecule has 0 bridgehead atoms. The average molecular weight is 383 g/mol. The number of piperazine rings is 1. The third-order valence-corrected chi connectivity index (χ3v) is 4.93. The standard InChI is InChI=1S/C18H26N4O3.ClH/c23-17(5-4-15-6-9-19-10-7-15)25-18(24)22-13-11-21(12-14-22)16-3-1-2-8-20-16;/h1-3,8,15,19H,4-7,9-14H2;1H. The number of nitrogens with one attached hydrogen (secondary N) is 1. The van der Waals surface area contributed by atoms with Crippen molar-refractivity contribution in [3.05, 3.63) is 24.4 Å². The molecular weight excluding hydrogens is 356 g/mol. The number of hydrogen-bond acceptors (Lipinski definition) is 6. The highest BCUT2D eigenvalue weighted by Gasteiger charge is 2.25. The van der Waals surface area contributed by atoms with Crippen molar-refractivity contribution in [3.63, 3.8) is 0 Å². The number of hydrogen-bond donors (Lipinski definition) is 1. The molecule has 1 aromatic heterocycles. The van der Waals surface area contributed by atoms with Crippen molar-refractivity contribution in [2.75, 3.05) is 44.2 Å². The van der Waals surface area contributed by atoms with Gasteiger partial charge in [-0.25, -0.2) is 9.78 Å². The first-order valence-electron chi connectivity index (χ1n) is 9.08.